The Morgan fingerprint density at radius 2 is 1.67 bits per heavy atom. The fraction of sp³-hybridized carbons (Fsp3) is 0.143. The van der Waals surface area contributed by atoms with Crippen molar-refractivity contribution >= 4 is 28.3 Å². The molecule has 0 atom stereocenters. The lowest BCUT2D eigenvalue weighted by molar-refractivity contribution is -0.148. The van der Waals surface area contributed by atoms with Gasteiger partial charge in [0.25, 0.3) is 0 Å². The zero-order chi connectivity index (χ0) is 13.3. The van der Waals surface area contributed by atoms with Crippen molar-refractivity contribution < 1.29 is 14.7 Å². The van der Waals surface area contributed by atoms with E-state index in [1.54, 1.807) is 12.1 Å². The van der Waals surface area contributed by atoms with Crippen LogP contribution in [0.1, 0.15) is 5.56 Å². The summed E-state index contributed by atoms with van der Waals surface area (Å²) in [6.07, 6.45) is 0. The fourth-order valence-electron chi connectivity index (χ4n) is 1.82. The molecule has 4 nitrogen and oxygen atoms in total. The zero-order valence-electron chi connectivity index (χ0n) is 10.2. The maximum atomic E-state index is 11.4. The summed E-state index contributed by atoms with van der Waals surface area (Å²) in [4.78, 5) is 23.1. The molecule has 1 N–H and O–H groups in total. The van der Waals surface area contributed by atoms with Crippen LogP contribution in [0.4, 0.5) is 5.69 Å². The zero-order valence-corrected chi connectivity index (χ0v) is 10.2. The van der Waals surface area contributed by atoms with E-state index < -0.39 is 11.9 Å². The summed E-state index contributed by atoms with van der Waals surface area (Å²) < 4.78 is 0. The number of nitrogens with zero attached hydrogens (tertiary/aromatic N) is 1. The summed E-state index contributed by atoms with van der Waals surface area (Å²) in [5.74, 6) is -2.40. The van der Waals surface area contributed by atoms with Gasteiger partial charge in [0, 0.05) is 12.7 Å². The molecule has 0 saturated carbocycles. The lowest BCUT2D eigenvalue weighted by atomic mass is 10.1. The second kappa shape index (κ2) is 4.49. The standard InChI is InChI=1S/C14H13NO3/c1-9-3-4-11-8-12(6-5-10(11)7-9)15(2)13(16)14(17)18/h3-8H,1-2H3,(H,17,18). The molecule has 0 heterocycles. The van der Waals surface area contributed by atoms with Gasteiger partial charge in [-0.25, -0.2) is 4.79 Å². The van der Waals surface area contributed by atoms with Gasteiger partial charge in [0.1, 0.15) is 0 Å². The quantitative estimate of drug-likeness (QED) is 0.781. The third-order valence-electron chi connectivity index (χ3n) is 2.85. The Morgan fingerprint density at radius 1 is 1.06 bits per heavy atom. The monoisotopic (exact) mass is 243 g/mol. The van der Waals surface area contributed by atoms with Crippen LogP contribution in [-0.4, -0.2) is 24.0 Å². The molecule has 2 aromatic carbocycles. The number of carboxylic acid groups (broad SMARTS) is 1. The minimum absolute atomic E-state index is 0.568. The highest BCUT2D eigenvalue weighted by Gasteiger charge is 2.18. The number of carbonyl (C=O) groups is 2. The molecular weight excluding hydrogens is 230 g/mol. The first-order chi connectivity index (χ1) is 8.49. The summed E-state index contributed by atoms with van der Waals surface area (Å²) in [5, 5.41) is 10.7. The first-order valence-electron chi connectivity index (χ1n) is 5.50. The first kappa shape index (κ1) is 12.1. The molecule has 1 amide bonds. The summed E-state index contributed by atoms with van der Waals surface area (Å²) in [6.45, 7) is 2.01. The Bertz CT molecular complexity index is 634. The smallest absolute Gasteiger partial charge is 0.394 e. The summed E-state index contributed by atoms with van der Waals surface area (Å²) >= 11 is 0. The van der Waals surface area contributed by atoms with Gasteiger partial charge in [-0.1, -0.05) is 29.8 Å². The Balaban J connectivity index is 2.44. The molecule has 0 aromatic heterocycles. The minimum Gasteiger partial charge on any atom is -0.474 e. The highest BCUT2D eigenvalue weighted by molar-refractivity contribution is 6.37. The van der Waals surface area contributed by atoms with Crippen molar-refractivity contribution in [3.63, 3.8) is 0 Å². The third-order valence-corrected chi connectivity index (χ3v) is 2.85. The van der Waals surface area contributed by atoms with Crippen molar-refractivity contribution in [3.05, 3.63) is 42.0 Å². The van der Waals surface area contributed by atoms with Crippen LogP contribution in [-0.2, 0) is 9.59 Å². The van der Waals surface area contributed by atoms with Crippen LogP contribution < -0.4 is 4.90 Å². The molecule has 18 heavy (non-hydrogen) atoms. The SMILES string of the molecule is Cc1ccc2cc(N(C)C(=O)C(=O)O)ccc2c1. The Morgan fingerprint density at radius 3 is 2.33 bits per heavy atom. The highest BCUT2D eigenvalue weighted by atomic mass is 16.4. The molecule has 4 heteroatoms. The number of hydrogen-bond acceptors (Lipinski definition) is 2. The summed E-state index contributed by atoms with van der Waals surface area (Å²) in [7, 11) is 1.45. The van der Waals surface area contributed by atoms with E-state index in [-0.39, 0.29) is 0 Å². The van der Waals surface area contributed by atoms with Gasteiger partial charge in [-0.2, -0.15) is 0 Å². The number of fused-ring (bicyclic) bond motifs is 1. The maximum Gasteiger partial charge on any atom is 0.394 e. The van der Waals surface area contributed by atoms with Gasteiger partial charge in [-0.3, -0.25) is 4.79 Å². The van der Waals surface area contributed by atoms with Crippen molar-refractivity contribution in [1.29, 1.82) is 0 Å². The number of aliphatic carboxylic acids is 1. The van der Waals surface area contributed by atoms with Gasteiger partial charge in [0.2, 0.25) is 0 Å². The molecule has 0 radical (unpaired) electrons. The number of amides is 1. The molecule has 2 rings (SSSR count). The Hall–Kier alpha value is -2.36. The van der Waals surface area contributed by atoms with Crippen LogP contribution >= 0.6 is 0 Å². The molecular formula is C14H13NO3. The van der Waals surface area contributed by atoms with Crippen molar-refractivity contribution in [2.45, 2.75) is 6.92 Å². The average molecular weight is 243 g/mol. The fourth-order valence-corrected chi connectivity index (χ4v) is 1.82. The van der Waals surface area contributed by atoms with Crippen molar-refractivity contribution in [1.82, 2.24) is 0 Å². The van der Waals surface area contributed by atoms with Crippen LogP contribution in [0.5, 0.6) is 0 Å². The average Bonchev–Trinajstić information content (AvgIpc) is 2.36. The predicted octanol–water partition coefficient (Wildman–Crippen LogP) is 2.20. The van der Waals surface area contributed by atoms with E-state index in [1.165, 1.54) is 7.05 Å². The van der Waals surface area contributed by atoms with Crippen LogP contribution in [0.15, 0.2) is 36.4 Å². The molecule has 92 valence electrons. The van der Waals surface area contributed by atoms with E-state index >= 15 is 0 Å². The molecule has 0 bridgehead atoms. The van der Waals surface area contributed by atoms with E-state index in [9.17, 15) is 9.59 Å². The third kappa shape index (κ3) is 2.18. The number of anilines is 1. The van der Waals surface area contributed by atoms with Crippen LogP contribution in [0.2, 0.25) is 0 Å². The van der Waals surface area contributed by atoms with Crippen LogP contribution in [0.25, 0.3) is 10.8 Å². The summed E-state index contributed by atoms with van der Waals surface area (Å²) in [6, 6.07) is 11.4. The number of rotatable bonds is 1. The molecule has 0 spiro atoms. The Kier molecular flexibility index (Phi) is 3.02. The van der Waals surface area contributed by atoms with Crippen LogP contribution in [0.3, 0.4) is 0 Å². The number of carboxylic acids is 1. The maximum absolute atomic E-state index is 11.4. The number of carbonyl (C=O) groups excluding carboxylic acids is 1. The number of benzene rings is 2. The minimum atomic E-state index is -1.46. The number of aryl methyl sites for hydroxylation is 1. The van der Waals surface area contributed by atoms with E-state index in [1.807, 2.05) is 31.2 Å². The van der Waals surface area contributed by atoms with Gasteiger partial charge in [0.05, 0.1) is 0 Å². The van der Waals surface area contributed by atoms with Gasteiger partial charge >= 0.3 is 11.9 Å². The molecule has 0 aliphatic rings. The van der Waals surface area contributed by atoms with Gasteiger partial charge in [-0.15, -0.1) is 0 Å². The lowest BCUT2D eigenvalue weighted by Gasteiger charge is -2.15. The van der Waals surface area contributed by atoms with Gasteiger partial charge < -0.3 is 10.0 Å². The van der Waals surface area contributed by atoms with Crippen molar-refractivity contribution in [2.75, 3.05) is 11.9 Å². The lowest BCUT2D eigenvalue weighted by Crippen LogP contribution is -2.32. The molecule has 0 aliphatic carbocycles. The molecule has 0 saturated heterocycles. The van der Waals surface area contributed by atoms with Gasteiger partial charge in [-0.05, 0) is 29.8 Å². The number of likely N-dealkylation sites (N-methyl/N-ethyl adjacent to an activating group) is 1. The van der Waals surface area contributed by atoms with E-state index in [0.717, 1.165) is 21.2 Å². The Labute approximate surface area is 104 Å². The molecule has 0 aliphatic heterocycles. The van der Waals surface area contributed by atoms with E-state index in [0.29, 0.717) is 5.69 Å². The van der Waals surface area contributed by atoms with Crippen molar-refractivity contribution in [2.24, 2.45) is 0 Å². The molecule has 0 fully saturated rings. The normalized spacial score (nSPS) is 10.3. The molecule has 2 aromatic rings. The molecule has 0 unspecified atom stereocenters. The largest absolute Gasteiger partial charge is 0.474 e. The predicted molar refractivity (Wildman–Crippen MR) is 69.7 cm³/mol. The number of hydrogen-bond donors (Lipinski definition) is 1. The van der Waals surface area contributed by atoms with Gasteiger partial charge in [0.15, 0.2) is 0 Å². The first-order valence-corrected chi connectivity index (χ1v) is 5.50. The second-order valence-electron chi connectivity index (χ2n) is 4.20. The van der Waals surface area contributed by atoms with E-state index in [2.05, 4.69) is 0 Å². The van der Waals surface area contributed by atoms with Crippen molar-refractivity contribution in [3.8, 4) is 0 Å². The van der Waals surface area contributed by atoms with E-state index in [4.69, 9.17) is 5.11 Å². The van der Waals surface area contributed by atoms with Crippen LogP contribution in [0, 0.1) is 6.92 Å². The summed E-state index contributed by atoms with van der Waals surface area (Å²) in [5.41, 5.74) is 1.73. The topological polar surface area (TPSA) is 57.6 Å². The highest BCUT2D eigenvalue weighted by Crippen LogP contribution is 2.22. The second-order valence-corrected chi connectivity index (χ2v) is 4.20.